The van der Waals surface area contributed by atoms with Crippen LogP contribution in [0.15, 0.2) is 36.9 Å². The molecular formula is C17H23N5O3S. The SMILES string of the molecule is CC(C)[C@@H]1CN(C(=O)c2ccc(-n3cnnc3)cc2)C[C@H]1NS(C)(=O)=O. The lowest BCUT2D eigenvalue weighted by molar-refractivity contribution is 0.0783. The third kappa shape index (κ3) is 4.10. The number of carbonyl (C=O) groups is 1. The molecule has 26 heavy (non-hydrogen) atoms. The van der Waals surface area contributed by atoms with Crippen molar-refractivity contribution >= 4 is 15.9 Å². The van der Waals surface area contributed by atoms with Crippen molar-refractivity contribution in [1.82, 2.24) is 24.4 Å². The van der Waals surface area contributed by atoms with Crippen LogP contribution in [0, 0.1) is 11.8 Å². The van der Waals surface area contributed by atoms with Gasteiger partial charge < -0.3 is 4.90 Å². The van der Waals surface area contributed by atoms with Crippen LogP contribution >= 0.6 is 0 Å². The first-order valence-electron chi connectivity index (χ1n) is 8.46. The Morgan fingerprint density at radius 3 is 2.31 bits per heavy atom. The maximum Gasteiger partial charge on any atom is 0.253 e. The lowest BCUT2D eigenvalue weighted by atomic mass is 9.92. The van der Waals surface area contributed by atoms with E-state index in [1.165, 1.54) is 0 Å². The van der Waals surface area contributed by atoms with Gasteiger partial charge >= 0.3 is 0 Å². The summed E-state index contributed by atoms with van der Waals surface area (Å²) in [7, 11) is -3.32. The summed E-state index contributed by atoms with van der Waals surface area (Å²) in [4.78, 5) is 14.6. The second-order valence-electron chi connectivity index (χ2n) is 7.03. The molecule has 9 heteroatoms. The van der Waals surface area contributed by atoms with Crippen molar-refractivity contribution in [3.8, 4) is 5.69 Å². The predicted octanol–water partition coefficient (Wildman–Crippen LogP) is 0.913. The number of hydrogen-bond acceptors (Lipinski definition) is 5. The molecule has 0 spiro atoms. The molecule has 0 unspecified atom stereocenters. The molecular weight excluding hydrogens is 354 g/mol. The highest BCUT2D eigenvalue weighted by Gasteiger charge is 2.38. The van der Waals surface area contributed by atoms with Crippen LogP contribution in [0.1, 0.15) is 24.2 Å². The monoisotopic (exact) mass is 377 g/mol. The van der Waals surface area contributed by atoms with E-state index < -0.39 is 10.0 Å². The van der Waals surface area contributed by atoms with E-state index in [1.807, 2.05) is 26.0 Å². The van der Waals surface area contributed by atoms with Crippen molar-refractivity contribution in [2.24, 2.45) is 11.8 Å². The number of hydrogen-bond donors (Lipinski definition) is 1. The van der Waals surface area contributed by atoms with Gasteiger partial charge in [0.1, 0.15) is 12.7 Å². The molecule has 2 atom stereocenters. The quantitative estimate of drug-likeness (QED) is 0.835. The van der Waals surface area contributed by atoms with Crippen molar-refractivity contribution in [3.05, 3.63) is 42.5 Å². The fourth-order valence-electron chi connectivity index (χ4n) is 3.36. The van der Waals surface area contributed by atoms with Gasteiger partial charge in [-0.1, -0.05) is 13.8 Å². The van der Waals surface area contributed by atoms with Crippen LogP contribution in [0.2, 0.25) is 0 Å². The molecule has 8 nitrogen and oxygen atoms in total. The topological polar surface area (TPSA) is 97.2 Å². The molecule has 0 aliphatic carbocycles. The predicted molar refractivity (Wildman–Crippen MR) is 97.4 cm³/mol. The largest absolute Gasteiger partial charge is 0.337 e. The maximum atomic E-state index is 12.8. The first-order valence-corrected chi connectivity index (χ1v) is 10.4. The van der Waals surface area contributed by atoms with Gasteiger partial charge in [-0.25, -0.2) is 13.1 Å². The number of amides is 1. The van der Waals surface area contributed by atoms with E-state index in [0.717, 1.165) is 11.9 Å². The Labute approximate surface area is 153 Å². The number of sulfonamides is 1. The Morgan fingerprint density at radius 2 is 1.77 bits per heavy atom. The van der Waals surface area contributed by atoms with Gasteiger partial charge in [0.15, 0.2) is 0 Å². The minimum absolute atomic E-state index is 0.0879. The molecule has 2 heterocycles. The van der Waals surface area contributed by atoms with E-state index in [-0.39, 0.29) is 23.8 Å². The summed E-state index contributed by atoms with van der Waals surface area (Å²) in [5, 5.41) is 7.53. The summed E-state index contributed by atoms with van der Waals surface area (Å²) >= 11 is 0. The summed E-state index contributed by atoms with van der Waals surface area (Å²) in [6, 6.07) is 6.93. The van der Waals surface area contributed by atoms with E-state index in [9.17, 15) is 13.2 Å². The van der Waals surface area contributed by atoms with Crippen molar-refractivity contribution in [2.45, 2.75) is 19.9 Å². The standard InChI is InChI=1S/C17H23N5O3S/c1-12(2)15-8-21(9-16(15)20-26(3,24)25)17(23)13-4-6-14(7-5-13)22-10-18-19-11-22/h4-7,10-12,15-16,20H,8-9H2,1-3H3/t15-,16+/m0/s1. The lowest BCUT2D eigenvalue weighted by Crippen LogP contribution is -2.41. The van der Waals surface area contributed by atoms with Gasteiger partial charge in [-0.3, -0.25) is 9.36 Å². The third-order valence-corrected chi connectivity index (χ3v) is 5.44. The molecule has 0 saturated carbocycles. The molecule has 3 rings (SSSR count). The Kier molecular flexibility index (Phi) is 5.10. The summed E-state index contributed by atoms with van der Waals surface area (Å²) in [6.45, 7) is 5.01. The third-order valence-electron chi connectivity index (χ3n) is 4.71. The van der Waals surface area contributed by atoms with Gasteiger partial charge in [-0.15, -0.1) is 10.2 Å². The number of nitrogens with zero attached hydrogens (tertiary/aromatic N) is 4. The second-order valence-corrected chi connectivity index (χ2v) is 8.81. The molecule has 0 radical (unpaired) electrons. The highest BCUT2D eigenvalue weighted by molar-refractivity contribution is 7.88. The molecule has 1 aliphatic heterocycles. The molecule has 140 valence electrons. The highest BCUT2D eigenvalue weighted by Crippen LogP contribution is 2.26. The van der Waals surface area contributed by atoms with Crippen LogP contribution in [-0.2, 0) is 10.0 Å². The maximum absolute atomic E-state index is 12.8. The zero-order valence-electron chi connectivity index (χ0n) is 15.0. The number of likely N-dealkylation sites (tertiary alicyclic amines) is 1. The normalized spacial score (nSPS) is 20.7. The van der Waals surface area contributed by atoms with Crippen LogP contribution in [0.25, 0.3) is 5.69 Å². The Hall–Kier alpha value is -2.26. The van der Waals surface area contributed by atoms with Crippen LogP contribution in [0.5, 0.6) is 0 Å². The number of nitrogens with one attached hydrogen (secondary N) is 1. The molecule has 1 saturated heterocycles. The molecule has 1 amide bonds. The van der Waals surface area contributed by atoms with Crippen LogP contribution in [0.3, 0.4) is 0 Å². The first-order chi connectivity index (χ1) is 12.2. The van der Waals surface area contributed by atoms with Crippen LogP contribution in [0.4, 0.5) is 0 Å². The van der Waals surface area contributed by atoms with E-state index in [0.29, 0.717) is 18.7 Å². The molecule has 1 aromatic heterocycles. The van der Waals surface area contributed by atoms with E-state index in [1.54, 1.807) is 34.3 Å². The molecule has 1 N–H and O–H groups in total. The Bertz CT molecular complexity index is 862. The molecule has 1 fully saturated rings. The van der Waals surface area contributed by atoms with Gasteiger partial charge in [-0.05, 0) is 36.1 Å². The number of carbonyl (C=O) groups excluding carboxylic acids is 1. The van der Waals surface area contributed by atoms with Gasteiger partial charge in [-0.2, -0.15) is 0 Å². The molecule has 2 aromatic rings. The minimum Gasteiger partial charge on any atom is -0.337 e. The number of aromatic nitrogens is 3. The van der Waals surface area contributed by atoms with Gasteiger partial charge in [0, 0.05) is 30.4 Å². The van der Waals surface area contributed by atoms with Crippen molar-refractivity contribution in [3.63, 3.8) is 0 Å². The number of rotatable bonds is 5. The fraction of sp³-hybridized carbons (Fsp3) is 0.471. The van der Waals surface area contributed by atoms with E-state index in [2.05, 4.69) is 14.9 Å². The smallest absolute Gasteiger partial charge is 0.253 e. The highest BCUT2D eigenvalue weighted by atomic mass is 32.2. The van der Waals surface area contributed by atoms with Gasteiger partial charge in [0.05, 0.1) is 6.26 Å². The summed E-state index contributed by atoms with van der Waals surface area (Å²) < 4.78 is 27.7. The van der Waals surface area contributed by atoms with E-state index in [4.69, 9.17) is 0 Å². The van der Waals surface area contributed by atoms with Crippen molar-refractivity contribution in [1.29, 1.82) is 0 Å². The average molecular weight is 377 g/mol. The first kappa shape index (κ1) is 18.5. The van der Waals surface area contributed by atoms with Crippen molar-refractivity contribution < 1.29 is 13.2 Å². The fourth-order valence-corrected chi connectivity index (χ4v) is 4.16. The zero-order chi connectivity index (χ0) is 18.9. The number of benzene rings is 1. The zero-order valence-corrected chi connectivity index (χ0v) is 15.8. The summed E-state index contributed by atoms with van der Waals surface area (Å²) in [6.07, 6.45) is 4.33. The minimum atomic E-state index is -3.32. The lowest BCUT2D eigenvalue weighted by Gasteiger charge is -2.21. The van der Waals surface area contributed by atoms with Gasteiger partial charge in [0.2, 0.25) is 10.0 Å². The van der Waals surface area contributed by atoms with Crippen molar-refractivity contribution in [2.75, 3.05) is 19.3 Å². The van der Waals surface area contributed by atoms with Gasteiger partial charge in [0.25, 0.3) is 5.91 Å². The molecule has 0 bridgehead atoms. The average Bonchev–Trinajstić information content (AvgIpc) is 3.22. The molecule has 1 aromatic carbocycles. The summed E-state index contributed by atoms with van der Waals surface area (Å²) in [5.41, 5.74) is 1.44. The van der Waals surface area contributed by atoms with Crippen LogP contribution < -0.4 is 4.72 Å². The second kappa shape index (κ2) is 7.16. The Balaban J connectivity index is 1.75. The summed E-state index contributed by atoms with van der Waals surface area (Å²) in [5.74, 6) is 0.261. The Morgan fingerprint density at radius 1 is 1.15 bits per heavy atom. The molecule has 1 aliphatic rings. The van der Waals surface area contributed by atoms with E-state index >= 15 is 0 Å². The van der Waals surface area contributed by atoms with Crippen LogP contribution in [-0.4, -0.2) is 59.4 Å².